The number of methoxy groups -OCH3 is 1. The van der Waals surface area contributed by atoms with E-state index in [-0.39, 0.29) is 5.28 Å². The Balaban J connectivity index is 2.00. The molecule has 1 fully saturated rings. The molecule has 0 amide bonds. The van der Waals surface area contributed by atoms with E-state index in [1.54, 1.807) is 7.11 Å². The highest BCUT2D eigenvalue weighted by Gasteiger charge is 2.22. The highest BCUT2D eigenvalue weighted by atomic mass is 35.5. The van der Waals surface area contributed by atoms with Crippen LogP contribution in [-0.2, 0) is 4.74 Å². The number of piperidine rings is 1. The topological polar surface area (TPSA) is 60.4 Å². The first-order valence-corrected chi connectivity index (χ1v) is 7.39. The van der Waals surface area contributed by atoms with Gasteiger partial charge in [0, 0.05) is 26.8 Å². The zero-order valence-corrected chi connectivity index (χ0v) is 12.8. The van der Waals surface area contributed by atoms with Crippen molar-refractivity contribution in [2.75, 3.05) is 38.3 Å². The zero-order valence-electron chi connectivity index (χ0n) is 12.0. The van der Waals surface area contributed by atoms with Crippen LogP contribution in [-0.4, -0.2) is 48.4 Å². The molecular formula is C13H21ClN4O2. The minimum atomic E-state index is 0.181. The van der Waals surface area contributed by atoms with Crippen LogP contribution in [0.4, 0.5) is 5.95 Å². The van der Waals surface area contributed by atoms with Crippen molar-refractivity contribution in [3.8, 4) is 6.01 Å². The molecule has 1 saturated heterocycles. The SMILES string of the molecule is CCCOc1nc(Cl)nc(N2CCC(COC)CC2)n1. The lowest BCUT2D eigenvalue weighted by molar-refractivity contribution is 0.139. The molecule has 0 spiro atoms. The Morgan fingerprint density at radius 3 is 2.65 bits per heavy atom. The van der Waals surface area contributed by atoms with Gasteiger partial charge in [-0.1, -0.05) is 6.92 Å². The van der Waals surface area contributed by atoms with E-state index >= 15 is 0 Å². The smallest absolute Gasteiger partial charge is 0.322 e. The van der Waals surface area contributed by atoms with E-state index in [0.29, 0.717) is 24.5 Å². The van der Waals surface area contributed by atoms with Gasteiger partial charge in [-0.05, 0) is 36.8 Å². The fraction of sp³-hybridized carbons (Fsp3) is 0.769. The molecule has 1 aliphatic rings. The predicted octanol–water partition coefficient (Wildman–Crippen LogP) is 2.18. The van der Waals surface area contributed by atoms with Gasteiger partial charge in [-0.2, -0.15) is 15.0 Å². The molecule has 112 valence electrons. The number of nitrogens with zero attached hydrogens (tertiary/aromatic N) is 4. The Bertz CT molecular complexity index is 425. The summed E-state index contributed by atoms with van der Waals surface area (Å²) in [7, 11) is 1.75. The molecule has 20 heavy (non-hydrogen) atoms. The lowest BCUT2D eigenvalue weighted by Gasteiger charge is -2.31. The van der Waals surface area contributed by atoms with Gasteiger partial charge in [-0.3, -0.25) is 0 Å². The Morgan fingerprint density at radius 2 is 2.00 bits per heavy atom. The summed E-state index contributed by atoms with van der Waals surface area (Å²) in [6.07, 6.45) is 3.05. The maximum atomic E-state index is 5.94. The first-order valence-electron chi connectivity index (χ1n) is 7.01. The fourth-order valence-electron chi connectivity index (χ4n) is 2.26. The van der Waals surface area contributed by atoms with E-state index in [0.717, 1.165) is 39.0 Å². The summed E-state index contributed by atoms with van der Waals surface area (Å²) >= 11 is 5.94. The summed E-state index contributed by atoms with van der Waals surface area (Å²) in [5.41, 5.74) is 0. The average Bonchev–Trinajstić information content (AvgIpc) is 2.46. The third-order valence-corrected chi connectivity index (χ3v) is 3.48. The molecule has 1 aromatic heterocycles. The van der Waals surface area contributed by atoms with Gasteiger partial charge < -0.3 is 14.4 Å². The summed E-state index contributed by atoms with van der Waals surface area (Å²) in [5, 5.41) is 0.181. The van der Waals surface area contributed by atoms with E-state index in [1.807, 2.05) is 6.92 Å². The van der Waals surface area contributed by atoms with Gasteiger partial charge in [-0.25, -0.2) is 0 Å². The van der Waals surface area contributed by atoms with Crippen LogP contribution >= 0.6 is 11.6 Å². The third kappa shape index (κ3) is 4.18. The molecule has 1 aromatic rings. The van der Waals surface area contributed by atoms with Crippen LogP contribution in [0.5, 0.6) is 6.01 Å². The molecule has 0 bridgehead atoms. The standard InChI is InChI=1S/C13H21ClN4O2/c1-3-8-20-13-16-11(14)15-12(17-13)18-6-4-10(5-7-18)9-19-2/h10H,3-9H2,1-2H3. The molecule has 0 radical (unpaired) electrons. The molecule has 7 heteroatoms. The van der Waals surface area contributed by atoms with Crippen LogP contribution in [0.25, 0.3) is 0 Å². The molecule has 0 aromatic carbocycles. The number of anilines is 1. The molecule has 0 unspecified atom stereocenters. The fourth-order valence-corrected chi connectivity index (χ4v) is 2.40. The number of halogens is 1. The predicted molar refractivity (Wildman–Crippen MR) is 77.4 cm³/mol. The highest BCUT2D eigenvalue weighted by Crippen LogP contribution is 2.22. The van der Waals surface area contributed by atoms with Crippen molar-refractivity contribution in [2.45, 2.75) is 26.2 Å². The molecule has 6 nitrogen and oxygen atoms in total. The summed E-state index contributed by atoms with van der Waals surface area (Å²) < 4.78 is 10.6. The number of aromatic nitrogens is 3. The quantitative estimate of drug-likeness (QED) is 0.802. The largest absolute Gasteiger partial charge is 0.463 e. The van der Waals surface area contributed by atoms with E-state index < -0.39 is 0 Å². The van der Waals surface area contributed by atoms with Crippen molar-refractivity contribution in [3.63, 3.8) is 0 Å². The summed E-state index contributed by atoms with van der Waals surface area (Å²) in [6, 6.07) is 0.306. The van der Waals surface area contributed by atoms with Crippen molar-refractivity contribution >= 4 is 17.5 Å². The minimum Gasteiger partial charge on any atom is -0.463 e. The van der Waals surface area contributed by atoms with Crippen molar-refractivity contribution in [1.82, 2.24) is 15.0 Å². The summed E-state index contributed by atoms with van der Waals surface area (Å²) in [4.78, 5) is 14.6. The number of rotatable bonds is 6. The molecule has 2 heterocycles. The lowest BCUT2D eigenvalue weighted by atomic mass is 9.98. The van der Waals surface area contributed by atoms with Crippen LogP contribution in [0, 0.1) is 5.92 Å². The Kier molecular flexibility index (Phi) is 5.79. The van der Waals surface area contributed by atoms with Crippen LogP contribution in [0.1, 0.15) is 26.2 Å². The minimum absolute atomic E-state index is 0.181. The van der Waals surface area contributed by atoms with Gasteiger partial charge in [0.2, 0.25) is 11.2 Å². The first-order chi connectivity index (χ1) is 9.72. The summed E-state index contributed by atoms with van der Waals surface area (Å²) in [6.45, 7) is 5.24. The van der Waals surface area contributed by atoms with E-state index in [4.69, 9.17) is 21.1 Å². The van der Waals surface area contributed by atoms with Crippen LogP contribution in [0.15, 0.2) is 0 Å². The van der Waals surface area contributed by atoms with Crippen molar-refractivity contribution < 1.29 is 9.47 Å². The monoisotopic (exact) mass is 300 g/mol. The van der Waals surface area contributed by atoms with Gasteiger partial charge in [0.05, 0.1) is 6.61 Å². The Labute approximate surface area is 124 Å². The summed E-state index contributed by atoms with van der Waals surface area (Å²) in [5.74, 6) is 1.22. The molecule has 1 aliphatic heterocycles. The Morgan fingerprint density at radius 1 is 1.25 bits per heavy atom. The number of hydrogen-bond donors (Lipinski definition) is 0. The van der Waals surface area contributed by atoms with Gasteiger partial charge in [0.25, 0.3) is 0 Å². The van der Waals surface area contributed by atoms with E-state index in [1.165, 1.54) is 0 Å². The van der Waals surface area contributed by atoms with E-state index in [9.17, 15) is 0 Å². The molecule has 2 rings (SSSR count). The first kappa shape index (κ1) is 15.3. The number of ether oxygens (including phenoxy) is 2. The highest BCUT2D eigenvalue weighted by molar-refractivity contribution is 6.28. The second-order valence-corrected chi connectivity index (χ2v) is 5.26. The van der Waals surface area contributed by atoms with Crippen LogP contribution in [0.2, 0.25) is 5.28 Å². The molecular weight excluding hydrogens is 280 g/mol. The van der Waals surface area contributed by atoms with Crippen molar-refractivity contribution in [2.24, 2.45) is 5.92 Å². The lowest BCUT2D eigenvalue weighted by Crippen LogP contribution is -2.36. The second-order valence-electron chi connectivity index (χ2n) is 4.92. The zero-order chi connectivity index (χ0) is 14.4. The maximum absolute atomic E-state index is 5.94. The average molecular weight is 301 g/mol. The van der Waals surface area contributed by atoms with Crippen molar-refractivity contribution in [3.05, 3.63) is 5.28 Å². The van der Waals surface area contributed by atoms with Crippen LogP contribution in [0.3, 0.4) is 0 Å². The van der Waals surface area contributed by atoms with Crippen LogP contribution < -0.4 is 9.64 Å². The maximum Gasteiger partial charge on any atom is 0.322 e. The van der Waals surface area contributed by atoms with Gasteiger partial charge >= 0.3 is 6.01 Å². The van der Waals surface area contributed by atoms with Gasteiger partial charge in [0.1, 0.15) is 0 Å². The molecule has 0 N–H and O–H groups in total. The van der Waals surface area contributed by atoms with E-state index in [2.05, 4.69) is 19.9 Å². The molecule has 0 aliphatic carbocycles. The molecule has 0 saturated carbocycles. The van der Waals surface area contributed by atoms with Gasteiger partial charge in [0.15, 0.2) is 0 Å². The number of hydrogen-bond acceptors (Lipinski definition) is 6. The second kappa shape index (κ2) is 7.59. The van der Waals surface area contributed by atoms with Crippen molar-refractivity contribution in [1.29, 1.82) is 0 Å². The third-order valence-electron chi connectivity index (χ3n) is 3.31. The normalized spacial score (nSPS) is 16.4. The Hall–Kier alpha value is -1.14. The molecule has 0 atom stereocenters. The van der Waals surface area contributed by atoms with Gasteiger partial charge in [-0.15, -0.1) is 0 Å².